The second-order valence-electron chi connectivity index (χ2n) is 2.92. The van der Waals surface area contributed by atoms with E-state index in [1.807, 2.05) is 0 Å². The number of nitrogens with two attached hydrogens (primary N) is 2. The molecule has 4 N–H and O–H groups in total. The topological polar surface area (TPSA) is 69.4 Å². The standard InChI is InChI=1S/C7H15N4.K/c1-11-4-2-3-7(11)6(8)5-10-9;/h5,7H,2-4,8-9H2,1H3;/q-1;+1/b6-5-;. The van der Waals surface area contributed by atoms with Crippen LogP contribution in [0, 0.1) is 0 Å². The van der Waals surface area contributed by atoms with Crippen molar-refractivity contribution in [2.75, 3.05) is 13.6 Å². The quantitative estimate of drug-likeness (QED) is 0.282. The summed E-state index contributed by atoms with van der Waals surface area (Å²) in [4.78, 5) is 2.22. The Hall–Kier alpha value is 0.896. The zero-order valence-corrected chi connectivity index (χ0v) is 10.9. The number of hydrogen-bond donors (Lipinski definition) is 2. The van der Waals surface area contributed by atoms with Crippen LogP contribution < -0.4 is 63.0 Å². The average Bonchev–Trinajstić information content (AvgIpc) is 2.36. The Labute approximate surface area is 116 Å². The summed E-state index contributed by atoms with van der Waals surface area (Å²) < 4.78 is 0. The molecule has 0 aromatic rings. The molecule has 0 saturated carbocycles. The smallest absolute Gasteiger partial charge is 0.630 e. The van der Waals surface area contributed by atoms with Crippen molar-refractivity contribution in [2.45, 2.75) is 18.9 Å². The van der Waals surface area contributed by atoms with Crippen molar-refractivity contribution in [1.29, 1.82) is 0 Å². The van der Waals surface area contributed by atoms with Gasteiger partial charge in [0, 0.05) is 11.7 Å². The van der Waals surface area contributed by atoms with E-state index in [-0.39, 0.29) is 51.4 Å². The van der Waals surface area contributed by atoms with E-state index in [4.69, 9.17) is 11.6 Å². The zero-order chi connectivity index (χ0) is 8.27. The number of likely N-dealkylation sites (tertiary alicyclic amines) is 1. The molecular formula is C7H15KN4. The third-order valence-electron chi connectivity index (χ3n) is 2.13. The SMILES string of the molecule is CN1CCCC1/C(N)=C/[N-]N.[K+]. The first kappa shape index (κ1) is 12.9. The van der Waals surface area contributed by atoms with Crippen LogP contribution in [-0.4, -0.2) is 24.5 Å². The van der Waals surface area contributed by atoms with E-state index >= 15 is 0 Å². The normalized spacial score (nSPS) is 25.2. The second-order valence-corrected chi connectivity index (χ2v) is 2.92. The van der Waals surface area contributed by atoms with Gasteiger partial charge in [0.25, 0.3) is 0 Å². The summed E-state index contributed by atoms with van der Waals surface area (Å²) in [5.41, 5.74) is 9.90. The Balaban J connectivity index is 0.00000121. The molecule has 1 fully saturated rings. The van der Waals surface area contributed by atoms with Crippen molar-refractivity contribution >= 4 is 0 Å². The predicted octanol–water partition coefficient (Wildman–Crippen LogP) is -2.87. The van der Waals surface area contributed by atoms with Crippen LogP contribution >= 0.6 is 0 Å². The van der Waals surface area contributed by atoms with Gasteiger partial charge < -0.3 is 17.0 Å². The molecule has 0 aliphatic carbocycles. The molecule has 0 aromatic carbocycles. The van der Waals surface area contributed by atoms with Crippen molar-refractivity contribution in [1.82, 2.24) is 4.90 Å². The predicted molar refractivity (Wildman–Crippen MR) is 45.5 cm³/mol. The minimum absolute atomic E-state index is 0. The van der Waals surface area contributed by atoms with Crippen molar-refractivity contribution in [3.05, 3.63) is 17.3 Å². The Morgan fingerprint density at radius 3 is 2.75 bits per heavy atom. The van der Waals surface area contributed by atoms with Gasteiger partial charge in [-0.2, -0.15) is 0 Å². The fraction of sp³-hybridized carbons (Fsp3) is 0.714. The van der Waals surface area contributed by atoms with Crippen LogP contribution in [0.5, 0.6) is 0 Å². The molecule has 0 radical (unpaired) electrons. The summed E-state index contributed by atoms with van der Waals surface area (Å²) >= 11 is 0. The van der Waals surface area contributed by atoms with Crippen molar-refractivity contribution in [2.24, 2.45) is 11.6 Å². The molecule has 64 valence electrons. The molecule has 0 spiro atoms. The molecule has 1 unspecified atom stereocenters. The summed E-state index contributed by atoms with van der Waals surface area (Å²) in [6, 6.07) is 0.349. The van der Waals surface area contributed by atoms with Gasteiger partial charge in [0.05, 0.1) is 0 Å². The maximum atomic E-state index is 5.73. The maximum absolute atomic E-state index is 5.73. The minimum atomic E-state index is 0. The van der Waals surface area contributed by atoms with Crippen LogP contribution in [0.1, 0.15) is 12.8 Å². The molecule has 0 amide bonds. The first-order valence-electron chi connectivity index (χ1n) is 3.81. The largest absolute Gasteiger partial charge is 1.00 e. The monoisotopic (exact) mass is 194 g/mol. The van der Waals surface area contributed by atoms with Crippen molar-refractivity contribution < 1.29 is 51.4 Å². The van der Waals surface area contributed by atoms with Gasteiger partial charge in [-0.25, -0.2) is 0 Å². The van der Waals surface area contributed by atoms with E-state index in [0.29, 0.717) is 6.04 Å². The second kappa shape index (κ2) is 6.37. The molecule has 0 bridgehead atoms. The fourth-order valence-electron chi connectivity index (χ4n) is 1.50. The molecule has 1 atom stereocenters. The van der Waals surface area contributed by atoms with Gasteiger partial charge in [0.15, 0.2) is 0 Å². The molecule has 1 aliphatic heterocycles. The number of nitrogens with zero attached hydrogens (tertiary/aromatic N) is 2. The molecule has 0 aromatic heterocycles. The van der Waals surface area contributed by atoms with Crippen LogP contribution in [-0.2, 0) is 0 Å². The Bertz CT molecular complexity index is 159. The van der Waals surface area contributed by atoms with Gasteiger partial charge in [-0.15, -0.1) is 6.20 Å². The van der Waals surface area contributed by atoms with Gasteiger partial charge in [0.2, 0.25) is 0 Å². The molecule has 1 aliphatic rings. The Morgan fingerprint density at radius 1 is 1.67 bits per heavy atom. The summed E-state index contributed by atoms with van der Waals surface area (Å²) in [6.45, 7) is 1.11. The number of rotatable bonds is 2. The van der Waals surface area contributed by atoms with Crippen LogP contribution in [0.2, 0.25) is 0 Å². The minimum Gasteiger partial charge on any atom is -0.630 e. The summed E-state index contributed by atoms with van der Waals surface area (Å²) in [5, 5.41) is 0. The number of likely N-dealkylation sites (N-methyl/N-ethyl adjacent to an activating group) is 1. The summed E-state index contributed by atoms with van der Waals surface area (Å²) in [6.07, 6.45) is 3.86. The molecule has 1 rings (SSSR count). The van der Waals surface area contributed by atoms with Gasteiger partial charge >= 0.3 is 51.4 Å². The molecule has 1 saturated heterocycles. The van der Waals surface area contributed by atoms with Gasteiger partial charge in [-0.1, -0.05) is 0 Å². The fourth-order valence-corrected chi connectivity index (χ4v) is 1.50. The van der Waals surface area contributed by atoms with E-state index in [2.05, 4.69) is 17.4 Å². The van der Waals surface area contributed by atoms with Crippen LogP contribution in [0.4, 0.5) is 0 Å². The van der Waals surface area contributed by atoms with Crippen molar-refractivity contribution in [3.63, 3.8) is 0 Å². The van der Waals surface area contributed by atoms with Crippen LogP contribution in [0.3, 0.4) is 0 Å². The van der Waals surface area contributed by atoms with Crippen molar-refractivity contribution in [3.8, 4) is 0 Å². The average molecular weight is 194 g/mol. The van der Waals surface area contributed by atoms with Crippen LogP contribution in [0.15, 0.2) is 11.9 Å². The number of hydrogen-bond acceptors (Lipinski definition) is 3. The van der Waals surface area contributed by atoms with E-state index in [0.717, 1.165) is 18.7 Å². The van der Waals surface area contributed by atoms with Crippen LogP contribution in [0.25, 0.3) is 5.43 Å². The Morgan fingerprint density at radius 2 is 2.33 bits per heavy atom. The van der Waals surface area contributed by atoms with E-state index < -0.39 is 0 Å². The third-order valence-corrected chi connectivity index (χ3v) is 2.13. The first-order valence-corrected chi connectivity index (χ1v) is 3.81. The first-order chi connectivity index (χ1) is 5.25. The molecule has 5 heteroatoms. The zero-order valence-electron chi connectivity index (χ0n) is 7.83. The van der Waals surface area contributed by atoms with E-state index in [1.165, 1.54) is 12.6 Å². The third kappa shape index (κ3) is 3.33. The molecular weight excluding hydrogens is 179 g/mol. The van der Waals surface area contributed by atoms with E-state index in [1.54, 1.807) is 0 Å². The molecule has 1 heterocycles. The summed E-state index contributed by atoms with van der Waals surface area (Å²) in [5.74, 6) is 4.99. The van der Waals surface area contributed by atoms with E-state index in [9.17, 15) is 0 Å². The Kier molecular flexibility index (Phi) is 6.84. The molecule has 4 nitrogen and oxygen atoms in total. The summed E-state index contributed by atoms with van der Waals surface area (Å²) in [7, 11) is 2.06. The molecule has 12 heavy (non-hydrogen) atoms. The van der Waals surface area contributed by atoms with Gasteiger partial charge in [0.1, 0.15) is 0 Å². The van der Waals surface area contributed by atoms with Gasteiger partial charge in [-0.05, 0) is 26.4 Å². The maximum Gasteiger partial charge on any atom is 1.00 e. The van der Waals surface area contributed by atoms with Gasteiger partial charge in [-0.3, -0.25) is 4.90 Å².